The Morgan fingerprint density at radius 1 is 1.09 bits per heavy atom. The van der Waals surface area contributed by atoms with Gasteiger partial charge in [0, 0.05) is 30.5 Å². The average Bonchev–Trinajstić information content (AvgIpc) is 3.52. The second-order valence-electron chi connectivity index (χ2n) is 8.63. The lowest BCUT2D eigenvalue weighted by molar-refractivity contribution is -0.142. The van der Waals surface area contributed by atoms with E-state index in [1.807, 2.05) is 72.5 Å². The molecule has 0 spiro atoms. The van der Waals surface area contributed by atoms with Crippen molar-refractivity contribution in [2.45, 2.75) is 20.0 Å². The van der Waals surface area contributed by atoms with Crippen LogP contribution >= 0.6 is 0 Å². The van der Waals surface area contributed by atoms with Crippen LogP contribution in [-0.4, -0.2) is 44.3 Å². The number of carbonyl (C=O) groups is 1. The lowest BCUT2D eigenvalue weighted by Crippen LogP contribution is -2.25. The maximum absolute atomic E-state index is 11.9. The average molecular weight is 472 g/mol. The summed E-state index contributed by atoms with van der Waals surface area (Å²) in [4.78, 5) is 27.0. The molecular weight excluding hydrogens is 446 g/mol. The Labute approximate surface area is 202 Å². The Balaban J connectivity index is 1.19. The van der Waals surface area contributed by atoms with Gasteiger partial charge in [-0.25, -0.2) is 9.97 Å². The second-order valence-corrected chi connectivity index (χ2v) is 8.63. The molecule has 1 N–H and O–H groups in total. The summed E-state index contributed by atoms with van der Waals surface area (Å²) in [5.74, 6) is 0.859. The van der Waals surface area contributed by atoms with Gasteiger partial charge < -0.3 is 19.3 Å². The summed E-state index contributed by atoms with van der Waals surface area (Å²) >= 11 is 0. The molecule has 0 amide bonds. The first kappa shape index (κ1) is 22.5. The molecule has 35 heavy (non-hydrogen) atoms. The van der Waals surface area contributed by atoms with Gasteiger partial charge in [0.15, 0.2) is 6.61 Å². The molecule has 1 aliphatic heterocycles. The van der Waals surface area contributed by atoms with Crippen LogP contribution in [0.15, 0.2) is 71.4 Å². The number of aliphatic carboxylic acids is 1. The van der Waals surface area contributed by atoms with E-state index in [2.05, 4.69) is 20.1 Å². The molecule has 0 unspecified atom stereocenters. The largest absolute Gasteiger partial charge is 0.485 e. The number of carboxylic acid groups (broad SMARTS) is 1. The van der Waals surface area contributed by atoms with E-state index in [1.54, 1.807) is 6.20 Å². The zero-order chi connectivity index (χ0) is 24.2. The minimum atomic E-state index is -0.792. The third kappa shape index (κ3) is 5.29. The van der Waals surface area contributed by atoms with Gasteiger partial charge in [0.2, 0.25) is 11.8 Å². The molecular formula is C26H25N5O4. The van der Waals surface area contributed by atoms with E-state index in [1.165, 1.54) is 0 Å². The number of anilines is 1. The Morgan fingerprint density at radius 3 is 2.63 bits per heavy atom. The maximum atomic E-state index is 11.9. The van der Waals surface area contributed by atoms with Crippen molar-refractivity contribution in [1.82, 2.24) is 20.1 Å². The molecule has 1 fully saturated rings. The molecule has 2 aromatic carbocycles. The summed E-state index contributed by atoms with van der Waals surface area (Å²) in [6, 6.07) is 19.1. The molecule has 0 saturated carbocycles. The van der Waals surface area contributed by atoms with Gasteiger partial charge in [0.05, 0.1) is 5.92 Å². The number of hydrogen-bond acceptors (Lipinski definition) is 8. The SMILES string of the molecule is Cc1ccnc(N2C[C@@H](Cc3ccc(OCc4noc(-c5ccccc5)n4)cc3)[C@@H](C(=O)O)C2)n1. The Morgan fingerprint density at radius 2 is 1.89 bits per heavy atom. The van der Waals surface area contributed by atoms with Crippen LogP contribution in [0.25, 0.3) is 11.5 Å². The third-order valence-electron chi connectivity index (χ3n) is 6.10. The minimum absolute atomic E-state index is 0.0425. The summed E-state index contributed by atoms with van der Waals surface area (Å²) in [5.41, 5.74) is 2.76. The van der Waals surface area contributed by atoms with E-state index in [0.29, 0.717) is 42.9 Å². The van der Waals surface area contributed by atoms with Crippen molar-refractivity contribution in [3.63, 3.8) is 0 Å². The summed E-state index contributed by atoms with van der Waals surface area (Å²) in [6.45, 7) is 3.09. The number of ether oxygens (including phenoxy) is 1. The number of nitrogens with zero attached hydrogens (tertiary/aromatic N) is 5. The molecule has 4 aromatic rings. The van der Waals surface area contributed by atoms with E-state index in [-0.39, 0.29) is 12.5 Å². The predicted molar refractivity (Wildman–Crippen MR) is 128 cm³/mol. The molecule has 9 nitrogen and oxygen atoms in total. The number of aromatic nitrogens is 4. The fraction of sp³-hybridized carbons (Fsp3) is 0.269. The number of benzene rings is 2. The summed E-state index contributed by atoms with van der Waals surface area (Å²) in [6.07, 6.45) is 2.35. The number of rotatable bonds is 8. The molecule has 0 radical (unpaired) electrons. The molecule has 178 valence electrons. The second kappa shape index (κ2) is 9.92. The highest BCUT2D eigenvalue weighted by molar-refractivity contribution is 5.72. The molecule has 0 aliphatic carbocycles. The normalized spacial score (nSPS) is 17.5. The number of aryl methyl sites for hydroxylation is 1. The van der Waals surface area contributed by atoms with Gasteiger partial charge in [-0.2, -0.15) is 4.98 Å². The Hall–Kier alpha value is -4.27. The van der Waals surface area contributed by atoms with Crippen LogP contribution < -0.4 is 9.64 Å². The zero-order valence-electron chi connectivity index (χ0n) is 19.2. The molecule has 0 bridgehead atoms. The highest BCUT2D eigenvalue weighted by atomic mass is 16.5. The molecule has 9 heteroatoms. The predicted octanol–water partition coefficient (Wildman–Crippen LogP) is 3.79. The van der Waals surface area contributed by atoms with Gasteiger partial charge >= 0.3 is 5.97 Å². The van der Waals surface area contributed by atoms with Crippen LogP contribution in [0.4, 0.5) is 5.95 Å². The zero-order valence-corrected chi connectivity index (χ0v) is 19.2. The molecule has 5 rings (SSSR count). The van der Waals surface area contributed by atoms with Crippen molar-refractivity contribution < 1.29 is 19.2 Å². The lowest BCUT2D eigenvalue weighted by atomic mass is 9.90. The van der Waals surface area contributed by atoms with Crippen molar-refractivity contribution in [3.8, 4) is 17.2 Å². The van der Waals surface area contributed by atoms with Crippen LogP contribution in [0.3, 0.4) is 0 Å². The van der Waals surface area contributed by atoms with E-state index >= 15 is 0 Å². The van der Waals surface area contributed by atoms with Crippen LogP contribution in [0.2, 0.25) is 0 Å². The third-order valence-corrected chi connectivity index (χ3v) is 6.10. The summed E-state index contributed by atoms with van der Waals surface area (Å²) in [7, 11) is 0. The summed E-state index contributed by atoms with van der Waals surface area (Å²) in [5, 5.41) is 13.7. The van der Waals surface area contributed by atoms with Crippen LogP contribution in [0, 0.1) is 18.8 Å². The van der Waals surface area contributed by atoms with Crippen molar-refractivity contribution in [3.05, 3.63) is 83.9 Å². The quantitative estimate of drug-likeness (QED) is 0.410. The van der Waals surface area contributed by atoms with Gasteiger partial charge in [-0.05, 0) is 55.2 Å². The first-order valence-corrected chi connectivity index (χ1v) is 11.4. The lowest BCUT2D eigenvalue weighted by Gasteiger charge is -2.16. The van der Waals surface area contributed by atoms with E-state index in [0.717, 1.165) is 16.8 Å². The first-order valence-electron chi connectivity index (χ1n) is 11.4. The Bertz CT molecular complexity index is 1290. The molecule has 3 heterocycles. The number of hydrogen-bond donors (Lipinski definition) is 1. The maximum Gasteiger partial charge on any atom is 0.308 e. The van der Waals surface area contributed by atoms with Gasteiger partial charge in [-0.3, -0.25) is 4.79 Å². The Kier molecular flexibility index (Phi) is 6.38. The van der Waals surface area contributed by atoms with Crippen molar-refractivity contribution in [1.29, 1.82) is 0 Å². The van der Waals surface area contributed by atoms with Crippen LogP contribution in [0.5, 0.6) is 5.75 Å². The van der Waals surface area contributed by atoms with Gasteiger partial charge in [-0.15, -0.1) is 0 Å². The highest BCUT2D eigenvalue weighted by Gasteiger charge is 2.38. The highest BCUT2D eigenvalue weighted by Crippen LogP contribution is 2.30. The molecule has 2 atom stereocenters. The monoisotopic (exact) mass is 471 g/mol. The van der Waals surface area contributed by atoms with Crippen LogP contribution in [0.1, 0.15) is 17.1 Å². The molecule has 2 aromatic heterocycles. The number of carboxylic acids is 1. The smallest absolute Gasteiger partial charge is 0.308 e. The fourth-order valence-electron chi connectivity index (χ4n) is 4.29. The summed E-state index contributed by atoms with van der Waals surface area (Å²) < 4.78 is 11.1. The topological polar surface area (TPSA) is 114 Å². The van der Waals surface area contributed by atoms with Crippen molar-refractivity contribution in [2.75, 3.05) is 18.0 Å². The fourth-order valence-corrected chi connectivity index (χ4v) is 4.29. The van der Waals surface area contributed by atoms with Gasteiger partial charge in [-0.1, -0.05) is 35.5 Å². The van der Waals surface area contributed by atoms with Crippen molar-refractivity contribution in [2.24, 2.45) is 11.8 Å². The van der Waals surface area contributed by atoms with Gasteiger partial charge in [0.1, 0.15) is 5.75 Å². The first-order chi connectivity index (χ1) is 17.0. The molecule has 1 aliphatic rings. The standard InChI is InChI=1S/C26H25N5O4/c1-17-11-12-27-26(28-17)31-14-20(22(15-31)25(32)33)13-18-7-9-21(10-8-18)34-16-23-29-24(35-30-23)19-5-3-2-4-6-19/h2-12,20,22H,13-16H2,1H3,(H,32,33)/t20-,22+/m1/s1. The van der Waals surface area contributed by atoms with Crippen LogP contribution in [-0.2, 0) is 17.8 Å². The van der Waals surface area contributed by atoms with E-state index in [4.69, 9.17) is 9.26 Å². The van der Waals surface area contributed by atoms with Gasteiger partial charge in [0.25, 0.3) is 5.89 Å². The van der Waals surface area contributed by atoms with E-state index < -0.39 is 11.9 Å². The minimum Gasteiger partial charge on any atom is -0.485 e. The molecule has 1 saturated heterocycles. The van der Waals surface area contributed by atoms with E-state index in [9.17, 15) is 9.90 Å². The van der Waals surface area contributed by atoms with Crippen molar-refractivity contribution >= 4 is 11.9 Å².